The Bertz CT molecular complexity index is 1240. The molecule has 3 N–H and O–H groups in total. The van der Waals surface area contributed by atoms with Crippen LogP contribution >= 0.6 is 11.6 Å². The lowest BCUT2D eigenvalue weighted by molar-refractivity contribution is -0.192. The van der Waals surface area contributed by atoms with E-state index in [1.165, 1.54) is 10.8 Å². The van der Waals surface area contributed by atoms with Crippen LogP contribution in [0.5, 0.6) is 0 Å². The number of hydrogen-bond donors (Lipinski definition) is 2. The Balaban J connectivity index is 0.000000318. The maximum Gasteiger partial charge on any atom is 0.490 e. The zero-order valence-corrected chi connectivity index (χ0v) is 16.5. The summed E-state index contributed by atoms with van der Waals surface area (Å²) in [5.74, 6) is -2.76. The fraction of sp³-hybridized carbons (Fsp3) is 0.143. The van der Waals surface area contributed by atoms with Crippen LogP contribution in [0, 0.1) is 6.92 Å². The van der Waals surface area contributed by atoms with Gasteiger partial charge in [0.2, 0.25) is 0 Å². The second-order valence-electron chi connectivity index (χ2n) is 6.59. The second kappa shape index (κ2) is 8.33. The molecule has 0 bridgehead atoms. The van der Waals surface area contributed by atoms with Crippen LogP contribution in [0.15, 0.2) is 54.9 Å². The van der Waals surface area contributed by atoms with Crippen molar-refractivity contribution in [1.82, 2.24) is 9.38 Å². The molecule has 0 aliphatic heterocycles. The molecule has 4 rings (SSSR count). The van der Waals surface area contributed by atoms with Crippen LogP contribution in [-0.4, -0.2) is 26.6 Å². The number of hydrogen-bond acceptors (Lipinski definition) is 3. The maximum absolute atomic E-state index is 10.6. The first kappa shape index (κ1) is 21.6. The molecule has 0 saturated heterocycles. The normalized spacial score (nSPS) is 11.4. The number of rotatable bonds is 2. The number of alkyl halides is 3. The predicted octanol–water partition coefficient (Wildman–Crippen LogP) is 5.21. The number of carboxylic acid groups (broad SMARTS) is 1. The molecule has 0 unspecified atom stereocenters. The van der Waals surface area contributed by atoms with E-state index in [2.05, 4.69) is 47.6 Å². The molecule has 2 aromatic carbocycles. The van der Waals surface area contributed by atoms with E-state index in [1.807, 2.05) is 23.6 Å². The van der Waals surface area contributed by atoms with Gasteiger partial charge in [-0.25, -0.2) is 9.78 Å². The number of halogens is 4. The first-order valence-corrected chi connectivity index (χ1v) is 9.14. The van der Waals surface area contributed by atoms with Gasteiger partial charge >= 0.3 is 12.1 Å². The largest absolute Gasteiger partial charge is 0.490 e. The van der Waals surface area contributed by atoms with Gasteiger partial charge in [-0.2, -0.15) is 13.2 Å². The Labute approximate surface area is 174 Å². The van der Waals surface area contributed by atoms with Crippen molar-refractivity contribution in [2.75, 3.05) is 0 Å². The van der Waals surface area contributed by atoms with Crippen LogP contribution in [-0.2, 0) is 11.3 Å². The van der Waals surface area contributed by atoms with E-state index >= 15 is 0 Å². The summed E-state index contributed by atoms with van der Waals surface area (Å²) in [6, 6.07) is 14.7. The number of imidazole rings is 1. The highest BCUT2D eigenvalue weighted by Crippen LogP contribution is 2.29. The summed E-state index contributed by atoms with van der Waals surface area (Å²) >= 11 is 6.39. The van der Waals surface area contributed by atoms with Gasteiger partial charge in [-0.3, -0.25) is 0 Å². The van der Waals surface area contributed by atoms with Crippen LogP contribution in [0.1, 0.15) is 11.3 Å². The number of aliphatic carboxylic acids is 1. The molecule has 5 nitrogen and oxygen atoms in total. The van der Waals surface area contributed by atoms with E-state index in [4.69, 9.17) is 27.2 Å². The van der Waals surface area contributed by atoms with Crippen molar-refractivity contribution in [2.45, 2.75) is 19.6 Å². The SMILES string of the molecule is Cc1cn2cc(-c3ccc4ccc(CN)cc4c3)cc(Cl)c2n1.O=C(O)C(F)(F)F. The number of carbonyl (C=O) groups is 1. The number of pyridine rings is 1. The van der Waals surface area contributed by atoms with Crippen LogP contribution in [0.25, 0.3) is 27.5 Å². The first-order valence-electron chi connectivity index (χ1n) is 8.76. The monoisotopic (exact) mass is 435 g/mol. The lowest BCUT2D eigenvalue weighted by Gasteiger charge is -2.07. The average molecular weight is 436 g/mol. The molecule has 0 atom stereocenters. The van der Waals surface area contributed by atoms with E-state index in [-0.39, 0.29) is 0 Å². The fourth-order valence-corrected chi connectivity index (χ4v) is 3.20. The van der Waals surface area contributed by atoms with Crippen molar-refractivity contribution in [3.63, 3.8) is 0 Å². The van der Waals surface area contributed by atoms with Crippen LogP contribution in [0.2, 0.25) is 5.02 Å². The van der Waals surface area contributed by atoms with Gasteiger partial charge in [0.1, 0.15) is 0 Å². The zero-order chi connectivity index (χ0) is 22.1. The topological polar surface area (TPSA) is 80.6 Å². The van der Waals surface area contributed by atoms with Gasteiger partial charge in [-0.05, 0) is 52.6 Å². The molecule has 0 amide bonds. The number of fused-ring (bicyclic) bond motifs is 2. The Morgan fingerprint density at radius 3 is 2.40 bits per heavy atom. The molecule has 2 aromatic heterocycles. The van der Waals surface area contributed by atoms with Gasteiger partial charge in [-0.1, -0.05) is 35.9 Å². The summed E-state index contributed by atoms with van der Waals surface area (Å²) in [5, 5.41) is 10.2. The smallest absolute Gasteiger partial charge is 0.475 e. The molecule has 4 aromatic rings. The fourth-order valence-electron chi connectivity index (χ4n) is 2.94. The molecule has 9 heteroatoms. The van der Waals surface area contributed by atoms with Crippen molar-refractivity contribution in [3.8, 4) is 11.1 Å². The number of benzene rings is 2. The quantitative estimate of drug-likeness (QED) is 0.453. The number of carboxylic acids is 1. The van der Waals surface area contributed by atoms with Gasteiger partial charge in [0.25, 0.3) is 0 Å². The summed E-state index contributed by atoms with van der Waals surface area (Å²) in [6.45, 7) is 2.51. The highest BCUT2D eigenvalue weighted by Gasteiger charge is 2.38. The molecular weight excluding hydrogens is 419 g/mol. The van der Waals surface area contributed by atoms with Gasteiger partial charge in [0, 0.05) is 18.9 Å². The van der Waals surface area contributed by atoms with Crippen molar-refractivity contribution in [3.05, 3.63) is 71.1 Å². The number of aryl methyl sites for hydroxylation is 1. The minimum absolute atomic E-state index is 0.548. The third-order valence-corrected chi connectivity index (χ3v) is 4.62. The predicted molar refractivity (Wildman–Crippen MR) is 109 cm³/mol. The number of aromatic nitrogens is 2. The third-order valence-electron chi connectivity index (χ3n) is 4.34. The van der Waals surface area contributed by atoms with Crippen LogP contribution in [0.4, 0.5) is 13.2 Å². The van der Waals surface area contributed by atoms with Gasteiger partial charge < -0.3 is 15.2 Å². The molecule has 0 saturated carbocycles. The molecule has 30 heavy (non-hydrogen) atoms. The van der Waals surface area contributed by atoms with E-state index in [0.29, 0.717) is 11.6 Å². The first-order chi connectivity index (χ1) is 14.1. The Morgan fingerprint density at radius 1 is 1.10 bits per heavy atom. The summed E-state index contributed by atoms with van der Waals surface area (Å²) < 4.78 is 33.7. The molecule has 0 radical (unpaired) electrons. The number of nitrogens with two attached hydrogens (primary N) is 1. The third kappa shape index (κ3) is 4.72. The summed E-state index contributed by atoms with van der Waals surface area (Å²) in [5.41, 5.74) is 10.8. The van der Waals surface area contributed by atoms with Crippen LogP contribution in [0.3, 0.4) is 0 Å². The minimum Gasteiger partial charge on any atom is -0.475 e. The Kier molecular flexibility index (Phi) is 6.00. The van der Waals surface area contributed by atoms with Crippen molar-refractivity contribution in [2.24, 2.45) is 5.73 Å². The van der Waals surface area contributed by atoms with Gasteiger partial charge in [0.05, 0.1) is 10.7 Å². The molecular formula is C21H17ClF3N3O2. The summed E-state index contributed by atoms with van der Waals surface area (Å²) in [7, 11) is 0. The van der Waals surface area contributed by atoms with E-state index in [9.17, 15) is 13.2 Å². The molecule has 0 aliphatic rings. The van der Waals surface area contributed by atoms with Crippen LogP contribution < -0.4 is 5.73 Å². The summed E-state index contributed by atoms with van der Waals surface area (Å²) in [4.78, 5) is 13.3. The standard InChI is InChI=1S/C19H16ClN3.C2HF3O2/c1-12-10-23-11-17(8-18(20)19(23)22-12)15-5-4-14-3-2-13(9-21)6-16(14)7-15;3-2(4,5)1(6)7/h2-8,10-11H,9,21H2,1H3;(H,6,7). The van der Waals surface area contributed by atoms with Gasteiger partial charge in [0.15, 0.2) is 5.65 Å². The van der Waals surface area contributed by atoms with E-state index < -0.39 is 12.1 Å². The van der Waals surface area contributed by atoms with E-state index in [1.54, 1.807) is 0 Å². The Hall–Kier alpha value is -3.10. The highest BCUT2D eigenvalue weighted by molar-refractivity contribution is 6.33. The molecule has 0 aliphatic carbocycles. The lowest BCUT2D eigenvalue weighted by Crippen LogP contribution is -2.21. The molecule has 156 valence electrons. The minimum atomic E-state index is -5.08. The summed E-state index contributed by atoms with van der Waals surface area (Å²) in [6.07, 6.45) is -1.03. The van der Waals surface area contributed by atoms with Crippen molar-refractivity contribution >= 4 is 34.0 Å². The number of nitrogens with zero attached hydrogens (tertiary/aromatic N) is 2. The second-order valence-corrected chi connectivity index (χ2v) is 7.00. The van der Waals surface area contributed by atoms with E-state index in [0.717, 1.165) is 28.0 Å². The molecule has 0 fully saturated rings. The zero-order valence-electron chi connectivity index (χ0n) is 15.7. The average Bonchev–Trinajstić information content (AvgIpc) is 3.07. The Morgan fingerprint density at radius 2 is 1.77 bits per heavy atom. The lowest BCUT2D eigenvalue weighted by atomic mass is 10.0. The highest BCUT2D eigenvalue weighted by atomic mass is 35.5. The molecule has 0 spiro atoms. The van der Waals surface area contributed by atoms with Crippen molar-refractivity contribution < 1.29 is 23.1 Å². The van der Waals surface area contributed by atoms with Gasteiger partial charge in [-0.15, -0.1) is 0 Å². The maximum atomic E-state index is 10.6. The molecule has 2 heterocycles. The van der Waals surface area contributed by atoms with Crippen molar-refractivity contribution in [1.29, 1.82) is 0 Å².